The molecule has 16 nitrogen and oxygen atoms in total. The fraction of sp³-hybridized carbons (Fsp3) is 0.941. The number of nitrogens with zero attached hydrogens (tertiary/aromatic N) is 8. The molecule has 8 aliphatic rings. The Morgan fingerprint density at radius 3 is 0.774 bits per heavy atom. The van der Waals surface area contributed by atoms with Gasteiger partial charge < -0.3 is 58.1 Å². The van der Waals surface area contributed by atoms with Crippen molar-refractivity contribution in [3.8, 4) is 0 Å². The highest BCUT2D eigenvalue weighted by molar-refractivity contribution is 5.69. The second kappa shape index (κ2) is 29.9. The summed E-state index contributed by atoms with van der Waals surface area (Å²) < 4.78 is 22.1. The Balaban J connectivity index is 0.000000205. The van der Waals surface area contributed by atoms with Crippen LogP contribution < -0.4 is 0 Å². The number of carbonyl (C=O) groups is 4. The molecule has 0 aromatic heterocycles. The summed E-state index contributed by atoms with van der Waals surface area (Å²) in [6.45, 7) is 57.8. The maximum atomic E-state index is 12.3. The van der Waals surface area contributed by atoms with Crippen molar-refractivity contribution in [2.45, 2.75) is 288 Å². The third-order valence-corrected chi connectivity index (χ3v) is 19.8. The summed E-state index contributed by atoms with van der Waals surface area (Å²) in [5, 5.41) is 0. The molecule has 8 heterocycles. The molecule has 84 heavy (non-hydrogen) atoms. The summed E-state index contributed by atoms with van der Waals surface area (Å²) in [5.41, 5.74) is -0.0161. The van der Waals surface area contributed by atoms with Crippen molar-refractivity contribution in [1.82, 2.24) is 39.2 Å². The Labute approximate surface area is 513 Å². The third kappa shape index (κ3) is 22.8. The van der Waals surface area contributed by atoms with Crippen LogP contribution in [0.25, 0.3) is 0 Å². The van der Waals surface area contributed by atoms with Crippen LogP contribution in [0.15, 0.2) is 0 Å². The summed E-state index contributed by atoms with van der Waals surface area (Å²) in [6, 6.07) is 2.55. The van der Waals surface area contributed by atoms with Gasteiger partial charge in [0.1, 0.15) is 22.4 Å². The van der Waals surface area contributed by atoms with E-state index in [1.165, 1.54) is 117 Å². The predicted molar refractivity (Wildman–Crippen MR) is 342 cm³/mol. The highest BCUT2D eigenvalue weighted by Gasteiger charge is 2.45. The van der Waals surface area contributed by atoms with Crippen molar-refractivity contribution in [3.63, 3.8) is 0 Å². The van der Waals surface area contributed by atoms with E-state index in [9.17, 15) is 19.2 Å². The molecular formula is C68H128N8O8. The number of carbonyl (C=O) groups excluding carboxylic acids is 4. The quantitative estimate of drug-likeness (QED) is 0.248. The number of likely N-dealkylation sites (tertiary alicyclic amines) is 8. The Hall–Kier alpha value is -3.08. The van der Waals surface area contributed by atoms with E-state index in [1.54, 1.807) is 0 Å². The van der Waals surface area contributed by atoms with E-state index in [1.807, 2.05) is 103 Å². The number of ether oxygens (including phenoxy) is 4. The molecule has 0 saturated carbocycles. The summed E-state index contributed by atoms with van der Waals surface area (Å²) in [7, 11) is 0. The lowest BCUT2D eigenvalue weighted by Gasteiger charge is -2.48. The SMILES string of the molecule is CC(C)N1CCC2(CCCN(C(=O)OC(C)(C)C)C2)CC1.CC(C)N1CCC2(CCCN(C(=O)OC(C)(C)C)C2)CC1.CC(C)N1CCC2(CCN(C(=O)OC(C)(C)C)CC2)CC1.CC(C)N1CCCC2(CCN(C(=O)OC(C)(C)C)CC2)C1. The molecule has 8 saturated heterocycles. The molecule has 0 aliphatic carbocycles. The zero-order valence-electron chi connectivity index (χ0n) is 57.8. The van der Waals surface area contributed by atoms with Crippen LogP contribution >= 0.6 is 0 Å². The van der Waals surface area contributed by atoms with Crippen molar-refractivity contribution >= 4 is 24.4 Å². The average molecular weight is 1190 g/mol. The Bertz CT molecular complexity index is 1960. The third-order valence-electron chi connectivity index (χ3n) is 19.8. The Morgan fingerprint density at radius 2 is 0.500 bits per heavy atom. The van der Waals surface area contributed by atoms with Gasteiger partial charge in [0.15, 0.2) is 0 Å². The normalized spacial score (nSPS) is 23.6. The Kier molecular flexibility index (Phi) is 25.6. The largest absolute Gasteiger partial charge is 0.444 e. The minimum atomic E-state index is -0.400. The van der Waals surface area contributed by atoms with Gasteiger partial charge in [-0.15, -0.1) is 0 Å². The van der Waals surface area contributed by atoms with E-state index in [2.05, 4.69) is 75.0 Å². The van der Waals surface area contributed by atoms with Crippen LogP contribution in [-0.2, 0) is 18.9 Å². The van der Waals surface area contributed by atoms with Crippen molar-refractivity contribution in [1.29, 1.82) is 0 Å². The second-order valence-corrected chi connectivity index (χ2v) is 32.5. The molecule has 0 aromatic rings. The van der Waals surface area contributed by atoms with E-state index in [0.29, 0.717) is 45.8 Å². The number of hydrogen-bond acceptors (Lipinski definition) is 12. The molecule has 8 aliphatic heterocycles. The molecule has 8 fully saturated rings. The van der Waals surface area contributed by atoms with Crippen LogP contribution in [-0.4, -0.2) is 215 Å². The molecule has 0 N–H and O–H groups in total. The summed E-state index contributed by atoms with van der Waals surface area (Å²) >= 11 is 0. The van der Waals surface area contributed by atoms with Crippen LogP contribution in [0.3, 0.4) is 0 Å². The lowest BCUT2D eigenvalue weighted by Crippen LogP contribution is -2.52. The Morgan fingerprint density at radius 1 is 0.274 bits per heavy atom. The first-order chi connectivity index (χ1) is 38.8. The van der Waals surface area contributed by atoms with Gasteiger partial charge in [0, 0.05) is 83.1 Å². The maximum absolute atomic E-state index is 12.3. The minimum absolute atomic E-state index is 0.132. The standard InChI is InChI=1S/4C17H32N2O2/c1-14(2)18-10-6-17(7-11-18)8-12-19(13-9-17)15(20)21-16(3,4)5;1-14(2)19-10-6-7-17(13-19)8-11-18(12-9-17)15(20)21-16(3,4)5;2*1-14(2)18-11-8-17(9-12-18)7-6-10-19(13-17)15(20)21-16(3,4)5/h4*14H,6-13H2,1-5H3. The van der Waals surface area contributed by atoms with E-state index in [-0.39, 0.29) is 24.4 Å². The molecule has 8 rings (SSSR count). The average Bonchev–Trinajstić information content (AvgIpc) is 3.58. The number of rotatable bonds is 4. The molecule has 0 radical (unpaired) electrons. The molecule has 16 heteroatoms. The second-order valence-electron chi connectivity index (χ2n) is 32.5. The van der Waals surface area contributed by atoms with Gasteiger partial charge in [0.2, 0.25) is 0 Å². The highest BCUT2D eigenvalue weighted by Crippen LogP contribution is 2.45. The first kappa shape index (κ1) is 71.7. The van der Waals surface area contributed by atoms with Crippen molar-refractivity contribution in [2.24, 2.45) is 21.7 Å². The van der Waals surface area contributed by atoms with Crippen LogP contribution in [0.4, 0.5) is 19.2 Å². The van der Waals surface area contributed by atoms with Crippen molar-refractivity contribution in [3.05, 3.63) is 0 Å². The summed E-state index contributed by atoms with van der Waals surface area (Å²) in [6.07, 6.45) is 18.7. The van der Waals surface area contributed by atoms with Gasteiger partial charge in [-0.2, -0.15) is 0 Å². The first-order valence-electron chi connectivity index (χ1n) is 33.7. The topological polar surface area (TPSA) is 131 Å². The van der Waals surface area contributed by atoms with Gasteiger partial charge in [-0.25, -0.2) is 19.2 Å². The molecule has 0 bridgehead atoms. The first-order valence-corrected chi connectivity index (χ1v) is 33.7. The van der Waals surface area contributed by atoms with Gasteiger partial charge >= 0.3 is 24.4 Å². The summed E-state index contributed by atoms with van der Waals surface area (Å²) in [4.78, 5) is 66.8. The molecule has 4 spiro atoms. The molecule has 0 atom stereocenters. The fourth-order valence-electron chi connectivity index (χ4n) is 14.3. The summed E-state index contributed by atoms with van der Waals surface area (Å²) in [5.74, 6) is 0. The van der Waals surface area contributed by atoms with Crippen LogP contribution in [0.2, 0.25) is 0 Å². The van der Waals surface area contributed by atoms with E-state index >= 15 is 0 Å². The number of hydrogen-bond donors (Lipinski definition) is 0. The highest BCUT2D eigenvalue weighted by atomic mass is 16.6. The monoisotopic (exact) mass is 1180 g/mol. The van der Waals surface area contributed by atoms with Crippen LogP contribution in [0, 0.1) is 21.7 Å². The smallest absolute Gasteiger partial charge is 0.410 e. The van der Waals surface area contributed by atoms with Gasteiger partial charge in [-0.1, -0.05) is 0 Å². The number of piperidine rings is 8. The van der Waals surface area contributed by atoms with E-state index in [4.69, 9.17) is 18.9 Å². The van der Waals surface area contributed by atoms with Gasteiger partial charge in [0.05, 0.1) is 0 Å². The van der Waals surface area contributed by atoms with Gasteiger partial charge in [0.25, 0.3) is 0 Å². The maximum Gasteiger partial charge on any atom is 0.410 e. The predicted octanol–water partition coefficient (Wildman–Crippen LogP) is 14.0. The molecule has 0 unspecified atom stereocenters. The number of amides is 4. The van der Waals surface area contributed by atoms with E-state index in [0.717, 1.165) is 90.9 Å². The van der Waals surface area contributed by atoms with E-state index < -0.39 is 22.4 Å². The van der Waals surface area contributed by atoms with Gasteiger partial charge in [-0.05, 0) is 309 Å². The molecule has 488 valence electrons. The van der Waals surface area contributed by atoms with Crippen molar-refractivity contribution < 1.29 is 38.1 Å². The molecular weight excluding hydrogens is 1060 g/mol. The van der Waals surface area contributed by atoms with Crippen LogP contribution in [0.1, 0.15) is 241 Å². The van der Waals surface area contributed by atoms with Gasteiger partial charge in [-0.3, -0.25) is 0 Å². The molecule has 0 aromatic carbocycles. The molecule has 4 amide bonds. The minimum Gasteiger partial charge on any atom is -0.444 e. The fourth-order valence-corrected chi connectivity index (χ4v) is 14.3. The van der Waals surface area contributed by atoms with Crippen LogP contribution in [0.5, 0.6) is 0 Å². The zero-order valence-corrected chi connectivity index (χ0v) is 57.8. The lowest BCUT2D eigenvalue weighted by molar-refractivity contribution is -0.0148. The zero-order chi connectivity index (χ0) is 62.7. The van der Waals surface area contributed by atoms with Crippen molar-refractivity contribution in [2.75, 3.05) is 105 Å². The lowest BCUT2D eigenvalue weighted by atomic mass is 9.71.